The van der Waals surface area contributed by atoms with Gasteiger partial charge in [0.15, 0.2) is 5.78 Å². The van der Waals surface area contributed by atoms with E-state index in [2.05, 4.69) is 5.32 Å². The zero-order valence-electron chi connectivity index (χ0n) is 21.6. The number of carbonyl (C=O) groups excluding carboxylic acids is 2. The van der Waals surface area contributed by atoms with Crippen molar-refractivity contribution < 1.29 is 33.0 Å². The molecule has 2 fully saturated rings. The van der Waals surface area contributed by atoms with Gasteiger partial charge in [0.25, 0.3) is 0 Å². The number of carbonyl (C=O) groups is 3. The molecule has 1 aliphatic heterocycles. The van der Waals surface area contributed by atoms with Gasteiger partial charge in [-0.05, 0) is 68.6 Å². The maximum absolute atomic E-state index is 14.6. The minimum Gasteiger partial charge on any atom is -0.490 e. The minimum atomic E-state index is -0.998. The molecule has 0 bridgehead atoms. The summed E-state index contributed by atoms with van der Waals surface area (Å²) in [7, 11) is 0. The van der Waals surface area contributed by atoms with E-state index in [9.17, 15) is 23.2 Å². The van der Waals surface area contributed by atoms with Crippen LogP contribution in [-0.4, -0.2) is 53.5 Å². The molecular weight excluding hydrogens is 530 g/mol. The standard InChI is InChI=1S/C29H33ClF2N2O5/c30-21-7-3-18(4-8-21)19-11-14-34(15-12-19)29(38)33-13-1-2-26(35)27-24(31)16-23(17-25(27)32)39-22-9-5-20(6-10-22)28(36)37/h3-4,7-8,16-17,19-20,22H,1-2,5-6,9-15H2,(H,33,38)(H,36,37). The van der Waals surface area contributed by atoms with Crippen LogP contribution in [0.15, 0.2) is 36.4 Å². The van der Waals surface area contributed by atoms with Gasteiger partial charge in [-0.3, -0.25) is 9.59 Å². The number of likely N-dealkylation sites (tertiary alicyclic amines) is 1. The van der Waals surface area contributed by atoms with E-state index < -0.39 is 34.9 Å². The fourth-order valence-electron chi connectivity index (χ4n) is 5.34. The first-order valence-electron chi connectivity index (χ1n) is 13.4. The molecule has 10 heteroatoms. The summed E-state index contributed by atoms with van der Waals surface area (Å²) in [4.78, 5) is 37.8. The van der Waals surface area contributed by atoms with Crippen LogP contribution in [0.4, 0.5) is 13.6 Å². The minimum absolute atomic E-state index is 0.0209. The number of amides is 2. The van der Waals surface area contributed by atoms with E-state index in [4.69, 9.17) is 21.4 Å². The predicted molar refractivity (Wildman–Crippen MR) is 142 cm³/mol. The molecule has 2 aromatic carbocycles. The molecular formula is C29H33ClF2N2O5. The van der Waals surface area contributed by atoms with E-state index >= 15 is 0 Å². The number of hydrogen-bond donors (Lipinski definition) is 2. The number of aliphatic carboxylic acids is 1. The topological polar surface area (TPSA) is 95.9 Å². The van der Waals surface area contributed by atoms with Crippen LogP contribution in [0.25, 0.3) is 0 Å². The van der Waals surface area contributed by atoms with E-state index in [1.54, 1.807) is 4.90 Å². The second kappa shape index (κ2) is 13.2. The van der Waals surface area contributed by atoms with Crippen LogP contribution in [0.3, 0.4) is 0 Å². The zero-order valence-corrected chi connectivity index (χ0v) is 22.4. The fraction of sp³-hybridized carbons (Fsp3) is 0.483. The van der Waals surface area contributed by atoms with Crippen molar-refractivity contribution in [1.29, 1.82) is 0 Å². The van der Waals surface area contributed by atoms with Crippen LogP contribution in [0.2, 0.25) is 5.02 Å². The molecule has 7 nitrogen and oxygen atoms in total. The molecule has 0 spiro atoms. The third-order valence-electron chi connectivity index (χ3n) is 7.60. The largest absolute Gasteiger partial charge is 0.490 e. The number of carboxylic acids is 1. The number of carboxylic acid groups (broad SMARTS) is 1. The van der Waals surface area contributed by atoms with Crippen LogP contribution < -0.4 is 10.1 Å². The lowest BCUT2D eigenvalue weighted by molar-refractivity contribution is -0.143. The lowest BCUT2D eigenvalue weighted by Crippen LogP contribution is -2.44. The maximum atomic E-state index is 14.6. The Morgan fingerprint density at radius 1 is 0.974 bits per heavy atom. The molecule has 0 atom stereocenters. The Hall–Kier alpha value is -3.20. The van der Waals surface area contributed by atoms with Crippen LogP contribution in [0, 0.1) is 17.6 Å². The molecule has 2 N–H and O–H groups in total. The summed E-state index contributed by atoms with van der Waals surface area (Å²) < 4.78 is 34.9. The second-order valence-corrected chi connectivity index (χ2v) is 10.7. The Labute approximate surface area is 231 Å². The molecule has 0 unspecified atom stereocenters. The van der Waals surface area contributed by atoms with Gasteiger partial charge in [0.2, 0.25) is 0 Å². The van der Waals surface area contributed by atoms with E-state index in [0.29, 0.717) is 49.7 Å². The summed E-state index contributed by atoms with van der Waals surface area (Å²) in [6, 6.07) is 9.54. The van der Waals surface area contributed by atoms with Gasteiger partial charge in [0, 0.05) is 43.2 Å². The molecule has 1 saturated carbocycles. The van der Waals surface area contributed by atoms with Gasteiger partial charge in [-0.15, -0.1) is 0 Å². The SMILES string of the molecule is O=C(CCCNC(=O)N1CCC(c2ccc(Cl)cc2)CC1)c1c(F)cc(OC2CCC(C(=O)O)CC2)cc1F. The monoisotopic (exact) mass is 562 g/mol. The van der Waals surface area contributed by atoms with Crippen molar-refractivity contribution in [1.82, 2.24) is 10.2 Å². The van der Waals surface area contributed by atoms with Gasteiger partial charge in [-0.1, -0.05) is 23.7 Å². The van der Waals surface area contributed by atoms with Crippen LogP contribution >= 0.6 is 11.6 Å². The van der Waals surface area contributed by atoms with Gasteiger partial charge < -0.3 is 20.1 Å². The molecule has 2 aromatic rings. The molecule has 0 radical (unpaired) electrons. The lowest BCUT2D eigenvalue weighted by Gasteiger charge is -2.32. The summed E-state index contributed by atoms with van der Waals surface area (Å²) in [5.41, 5.74) is 0.590. The summed E-state index contributed by atoms with van der Waals surface area (Å²) >= 11 is 5.96. The number of benzene rings is 2. The van der Waals surface area contributed by atoms with E-state index in [1.165, 1.54) is 5.56 Å². The maximum Gasteiger partial charge on any atom is 0.317 e. The Morgan fingerprint density at radius 3 is 2.18 bits per heavy atom. The Morgan fingerprint density at radius 2 is 1.59 bits per heavy atom. The van der Waals surface area contributed by atoms with Crippen molar-refractivity contribution in [3.63, 3.8) is 0 Å². The molecule has 210 valence electrons. The fourth-order valence-corrected chi connectivity index (χ4v) is 5.46. The molecule has 1 heterocycles. The smallest absolute Gasteiger partial charge is 0.317 e. The van der Waals surface area contributed by atoms with E-state index in [0.717, 1.165) is 25.0 Å². The molecule has 4 rings (SSSR count). The first kappa shape index (κ1) is 28.8. The molecule has 39 heavy (non-hydrogen) atoms. The van der Waals surface area contributed by atoms with Crippen molar-refractivity contribution in [3.8, 4) is 5.75 Å². The molecule has 1 aliphatic carbocycles. The number of urea groups is 1. The van der Waals surface area contributed by atoms with Crippen molar-refractivity contribution >= 4 is 29.4 Å². The summed E-state index contributed by atoms with van der Waals surface area (Å²) in [6.45, 7) is 1.44. The summed E-state index contributed by atoms with van der Waals surface area (Å²) in [5, 5.41) is 12.6. The highest BCUT2D eigenvalue weighted by atomic mass is 35.5. The number of Topliss-reactive ketones (excluding diaryl/α,β-unsaturated/α-hetero) is 1. The first-order valence-corrected chi connectivity index (χ1v) is 13.8. The van der Waals surface area contributed by atoms with Crippen LogP contribution in [-0.2, 0) is 4.79 Å². The second-order valence-electron chi connectivity index (χ2n) is 10.3. The number of nitrogens with one attached hydrogen (secondary N) is 1. The highest BCUT2D eigenvalue weighted by molar-refractivity contribution is 6.30. The van der Waals surface area contributed by atoms with Gasteiger partial charge in [0.05, 0.1) is 17.6 Å². The number of halogens is 3. The summed E-state index contributed by atoms with van der Waals surface area (Å²) in [5.74, 6) is -3.59. The number of hydrogen-bond acceptors (Lipinski definition) is 4. The quantitative estimate of drug-likeness (QED) is 0.280. The van der Waals surface area contributed by atoms with Crippen LogP contribution in [0.5, 0.6) is 5.75 Å². The molecule has 1 saturated heterocycles. The normalized spacial score (nSPS) is 19.9. The third kappa shape index (κ3) is 7.68. The highest BCUT2D eigenvalue weighted by Gasteiger charge is 2.28. The lowest BCUT2D eigenvalue weighted by atomic mass is 9.87. The average molecular weight is 563 g/mol. The van der Waals surface area contributed by atoms with E-state index in [-0.39, 0.29) is 37.3 Å². The Bertz CT molecular complexity index is 1150. The van der Waals surface area contributed by atoms with Crippen molar-refractivity contribution in [3.05, 3.63) is 64.2 Å². The zero-order chi connectivity index (χ0) is 27.9. The van der Waals surface area contributed by atoms with Crippen molar-refractivity contribution in [2.24, 2.45) is 5.92 Å². The number of rotatable bonds is 9. The third-order valence-corrected chi connectivity index (χ3v) is 7.85. The molecule has 2 amide bonds. The van der Waals surface area contributed by atoms with Gasteiger partial charge in [-0.2, -0.15) is 0 Å². The summed E-state index contributed by atoms with van der Waals surface area (Å²) in [6.07, 6.45) is 3.33. The molecule has 2 aliphatic rings. The molecule has 0 aromatic heterocycles. The van der Waals surface area contributed by atoms with Crippen molar-refractivity contribution in [2.75, 3.05) is 19.6 Å². The van der Waals surface area contributed by atoms with Crippen molar-refractivity contribution in [2.45, 2.75) is 63.4 Å². The van der Waals surface area contributed by atoms with Gasteiger partial charge in [0.1, 0.15) is 17.4 Å². The van der Waals surface area contributed by atoms with Gasteiger partial charge >= 0.3 is 12.0 Å². The van der Waals surface area contributed by atoms with Gasteiger partial charge in [-0.25, -0.2) is 13.6 Å². The first-order chi connectivity index (χ1) is 18.7. The number of ketones is 1. The number of piperidine rings is 1. The number of nitrogens with zero attached hydrogens (tertiary/aromatic N) is 1. The predicted octanol–water partition coefficient (Wildman–Crippen LogP) is 6.19. The number of ether oxygens (including phenoxy) is 1. The Balaban J connectivity index is 1.19. The highest BCUT2D eigenvalue weighted by Crippen LogP contribution is 2.30. The van der Waals surface area contributed by atoms with E-state index in [1.807, 2.05) is 24.3 Å². The Kier molecular flexibility index (Phi) is 9.78. The average Bonchev–Trinajstić information content (AvgIpc) is 2.91. The van der Waals surface area contributed by atoms with Crippen LogP contribution in [0.1, 0.15) is 73.2 Å².